The highest BCUT2D eigenvalue weighted by Gasteiger charge is 2.27. The lowest BCUT2D eigenvalue weighted by Crippen LogP contribution is -1.77. The van der Waals surface area contributed by atoms with Crippen molar-refractivity contribution in [3.8, 4) is 10.6 Å². The van der Waals surface area contributed by atoms with Gasteiger partial charge in [0.1, 0.15) is 0 Å². The predicted octanol–water partition coefficient (Wildman–Crippen LogP) is 4.06. The van der Waals surface area contributed by atoms with Crippen LogP contribution in [-0.2, 0) is 0 Å². The SMILES string of the molecule is Cc1sc(C2CC2)nc1-c1cccs1. The van der Waals surface area contributed by atoms with E-state index in [2.05, 4.69) is 24.4 Å². The molecule has 0 saturated heterocycles. The molecule has 3 heteroatoms. The van der Waals surface area contributed by atoms with Crippen LogP contribution in [0.4, 0.5) is 0 Å². The smallest absolute Gasteiger partial charge is 0.0966 e. The summed E-state index contributed by atoms with van der Waals surface area (Å²) in [5.74, 6) is 0.785. The van der Waals surface area contributed by atoms with Gasteiger partial charge >= 0.3 is 0 Å². The number of aryl methyl sites for hydroxylation is 1. The highest BCUT2D eigenvalue weighted by molar-refractivity contribution is 7.15. The third-order valence-electron chi connectivity index (χ3n) is 2.49. The summed E-state index contributed by atoms with van der Waals surface area (Å²) < 4.78 is 0. The van der Waals surface area contributed by atoms with Crippen molar-refractivity contribution in [3.63, 3.8) is 0 Å². The van der Waals surface area contributed by atoms with Crippen LogP contribution in [0.25, 0.3) is 10.6 Å². The standard InChI is InChI=1S/C11H11NS2/c1-7-10(9-3-2-6-13-9)12-11(14-7)8-4-5-8/h2-3,6,8H,4-5H2,1H3. The molecule has 72 valence electrons. The van der Waals surface area contributed by atoms with E-state index < -0.39 is 0 Å². The summed E-state index contributed by atoms with van der Waals surface area (Å²) in [7, 11) is 0. The van der Waals surface area contributed by atoms with Crippen LogP contribution in [0.2, 0.25) is 0 Å². The van der Waals surface area contributed by atoms with Gasteiger partial charge in [-0.15, -0.1) is 22.7 Å². The minimum Gasteiger partial charge on any atom is -0.240 e. The molecule has 1 nitrogen and oxygen atoms in total. The van der Waals surface area contributed by atoms with Gasteiger partial charge in [-0.2, -0.15) is 0 Å². The molecule has 1 saturated carbocycles. The molecular formula is C11H11NS2. The Kier molecular flexibility index (Phi) is 1.96. The van der Waals surface area contributed by atoms with Crippen LogP contribution in [0.15, 0.2) is 17.5 Å². The summed E-state index contributed by atoms with van der Waals surface area (Å²) in [6, 6.07) is 4.25. The van der Waals surface area contributed by atoms with Gasteiger partial charge in [-0.1, -0.05) is 6.07 Å². The monoisotopic (exact) mass is 221 g/mol. The van der Waals surface area contributed by atoms with Crippen molar-refractivity contribution in [3.05, 3.63) is 27.4 Å². The van der Waals surface area contributed by atoms with E-state index in [1.165, 1.54) is 33.3 Å². The molecule has 0 unspecified atom stereocenters. The molecule has 0 aromatic carbocycles. The third kappa shape index (κ3) is 1.41. The molecule has 0 bridgehead atoms. The summed E-state index contributed by atoms with van der Waals surface area (Å²) in [6.45, 7) is 2.18. The second kappa shape index (κ2) is 3.17. The van der Waals surface area contributed by atoms with E-state index in [1.807, 2.05) is 11.3 Å². The van der Waals surface area contributed by atoms with Gasteiger partial charge in [0, 0.05) is 10.8 Å². The Balaban J connectivity index is 2.05. The van der Waals surface area contributed by atoms with Crippen LogP contribution in [0, 0.1) is 6.92 Å². The molecule has 14 heavy (non-hydrogen) atoms. The first-order valence-corrected chi connectivity index (χ1v) is 6.55. The molecule has 0 spiro atoms. The average molecular weight is 221 g/mol. The fourth-order valence-corrected chi connectivity index (χ4v) is 3.50. The summed E-state index contributed by atoms with van der Waals surface area (Å²) >= 11 is 3.66. The molecule has 0 amide bonds. The van der Waals surface area contributed by atoms with Gasteiger partial charge in [0.2, 0.25) is 0 Å². The lowest BCUT2D eigenvalue weighted by molar-refractivity contribution is 1.09. The van der Waals surface area contributed by atoms with Gasteiger partial charge in [0.15, 0.2) is 0 Å². The molecule has 1 fully saturated rings. The molecule has 2 aromatic heterocycles. The first-order chi connectivity index (χ1) is 6.84. The summed E-state index contributed by atoms with van der Waals surface area (Å²) in [5.41, 5.74) is 1.21. The van der Waals surface area contributed by atoms with Crippen molar-refractivity contribution in [2.24, 2.45) is 0 Å². The molecule has 0 N–H and O–H groups in total. The number of hydrogen-bond acceptors (Lipinski definition) is 3. The number of thiophene rings is 1. The van der Waals surface area contributed by atoms with Crippen molar-refractivity contribution in [2.45, 2.75) is 25.7 Å². The van der Waals surface area contributed by atoms with Crippen molar-refractivity contribution >= 4 is 22.7 Å². The van der Waals surface area contributed by atoms with Crippen molar-refractivity contribution < 1.29 is 0 Å². The van der Waals surface area contributed by atoms with Crippen molar-refractivity contribution in [2.75, 3.05) is 0 Å². The molecule has 3 rings (SSSR count). The molecular weight excluding hydrogens is 210 g/mol. The number of rotatable bonds is 2. The first kappa shape index (κ1) is 8.62. The Morgan fingerprint density at radius 3 is 2.93 bits per heavy atom. The minimum atomic E-state index is 0.785. The number of thiazole rings is 1. The van der Waals surface area contributed by atoms with E-state index >= 15 is 0 Å². The summed E-state index contributed by atoms with van der Waals surface area (Å²) in [6.07, 6.45) is 2.69. The minimum absolute atomic E-state index is 0.785. The molecule has 2 aromatic rings. The zero-order valence-electron chi connectivity index (χ0n) is 7.99. The van der Waals surface area contributed by atoms with Crippen LogP contribution in [-0.4, -0.2) is 4.98 Å². The van der Waals surface area contributed by atoms with Crippen LogP contribution >= 0.6 is 22.7 Å². The Bertz CT molecular complexity index is 438. The maximum atomic E-state index is 4.74. The van der Waals surface area contributed by atoms with E-state index in [0.29, 0.717) is 0 Å². The Labute approximate surface area is 91.4 Å². The first-order valence-electron chi connectivity index (χ1n) is 4.86. The largest absolute Gasteiger partial charge is 0.240 e. The van der Waals surface area contributed by atoms with Gasteiger partial charge in [0.25, 0.3) is 0 Å². The van der Waals surface area contributed by atoms with E-state index in [1.54, 1.807) is 11.3 Å². The van der Waals surface area contributed by atoms with Crippen LogP contribution in [0.5, 0.6) is 0 Å². The fourth-order valence-electron chi connectivity index (χ4n) is 1.56. The molecule has 1 aliphatic carbocycles. The lowest BCUT2D eigenvalue weighted by atomic mass is 10.3. The van der Waals surface area contributed by atoms with Crippen LogP contribution < -0.4 is 0 Å². The normalized spacial score (nSPS) is 16.1. The third-order valence-corrected chi connectivity index (χ3v) is 4.50. The number of aromatic nitrogens is 1. The summed E-state index contributed by atoms with van der Waals surface area (Å²) in [4.78, 5) is 7.42. The Morgan fingerprint density at radius 2 is 2.29 bits per heavy atom. The number of hydrogen-bond donors (Lipinski definition) is 0. The highest BCUT2D eigenvalue weighted by atomic mass is 32.1. The highest BCUT2D eigenvalue weighted by Crippen LogP contribution is 2.44. The number of nitrogens with zero attached hydrogens (tertiary/aromatic N) is 1. The van der Waals surface area contributed by atoms with Crippen molar-refractivity contribution in [1.82, 2.24) is 4.98 Å². The van der Waals surface area contributed by atoms with E-state index in [9.17, 15) is 0 Å². The van der Waals surface area contributed by atoms with E-state index in [0.717, 1.165) is 5.92 Å². The second-order valence-electron chi connectivity index (χ2n) is 3.71. The van der Waals surface area contributed by atoms with Gasteiger partial charge in [-0.05, 0) is 31.2 Å². The molecule has 1 aliphatic rings. The molecule has 0 aliphatic heterocycles. The van der Waals surface area contributed by atoms with E-state index in [-0.39, 0.29) is 0 Å². The maximum Gasteiger partial charge on any atom is 0.0966 e. The van der Waals surface area contributed by atoms with Crippen molar-refractivity contribution in [1.29, 1.82) is 0 Å². The Morgan fingerprint density at radius 1 is 1.43 bits per heavy atom. The zero-order chi connectivity index (χ0) is 9.54. The van der Waals surface area contributed by atoms with E-state index in [4.69, 9.17) is 4.98 Å². The molecule has 0 atom stereocenters. The van der Waals surface area contributed by atoms with Gasteiger partial charge in [-0.25, -0.2) is 4.98 Å². The second-order valence-corrected chi connectivity index (χ2v) is 5.89. The van der Waals surface area contributed by atoms with Gasteiger partial charge in [0.05, 0.1) is 15.6 Å². The quantitative estimate of drug-likeness (QED) is 0.745. The maximum absolute atomic E-state index is 4.74. The van der Waals surface area contributed by atoms with Crippen LogP contribution in [0.1, 0.15) is 28.6 Å². The topological polar surface area (TPSA) is 12.9 Å². The fraction of sp³-hybridized carbons (Fsp3) is 0.364. The van der Waals surface area contributed by atoms with Gasteiger partial charge in [-0.3, -0.25) is 0 Å². The molecule has 0 radical (unpaired) electrons. The molecule has 2 heterocycles. The van der Waals surface area contributed by atoms with Gasteiger partial charge < -0.3 is 0 Å². The Hall–Kier alpha value is -0.670. The van der Waals surface area contributed by atoms with Crippen LogP contribution in [0.3, 0.4) is 0 Å². The zero-order valence-corrected chi connectivity index (χ0v) is 9.62. The average Bonchev–Trinajstić information content (AvgIpc) is 2.75. The predicted molar refractivity (Wildman–Crippen MR) is 62.1 cm³/mol. The summed E-state index contributed by atoms with van der Waals surface area (Å²) in [5, 5.41) is 3.47. The lowest BCUT2D eigenvalue weighted by Gasteiger charge is -1.90.